The van der Waals surface area contributed by atoms with E-state index in [4.69, 9.17) is 10.5 Å². The number of nitrogens with two attached hydrogens (primary N) is 1. The second-order valence-corrected chi connectivity index (χ2v) is 5.61. The number of anilines is 2. The molecule has 0 amide bonds. The normalized spacial score (nSPS) is 16.0. The fourth-order valence-corrected chi connectivity index (χ4v) is 2.66. The first-order valence-corrected chi connectivity index (χ1v) is 7.06. The maximum atomic E-state index is 6.12. The van der Waals surface area contributed by atoms with E-state index in [0.717, 1.165) is 18.3 Å². The van der Waals surface area contributed by atoms with Gasteiger partial charge in [-0.25, -0.2) is 4.98 Å². The van der Waals surface area contributed by atoms with Gasteiger partial charge < -0.3 is 15.4 Å². The number of hydrogen-bond donors (Lipinski definition) is 1. The van der Waals surface area contributed by atoms with E-state index >= 15 is 0 Å². The molecular weight excluding hydrogens is 240 g/mol. The molecule has 2 N–H and O–H groups in total. The van der Waals surface area contributed by atoms with Crippen molar-refractivity contribution in [2.75, 3.05) is 24.2 Å². The fourth-order valence-electron chi connectivity index (χ4n) is 2.66. The van der Waals surface area contributed by atoms with Crippen molar-refractivity contribution < 1.29 is 4.74 Å². The van der Waals surface area contributed by atoms with Crippen molar-refractivity contribution >= 4 is 11.5 Å². The fraction of sp³-hybridized carbons (Fsp3) is 0.714. The largest absolute Gasteiger partial charge is 0.473 e. The van der Waals surface area contributed by atoms with E-state index < -0.39 is 0 Å². The Kier molecular flexibility index (Phi) is 4.45. The molecule has 0 spiro atoms. The van der Waals surface area contributed by atoms with Crippen LogP contribution in [0.25, 0.3) is 0 Å². The lowest BCUT2D eigenvalue weighted by molar-refractivity contribution is 0.234. The Bertz CT molecular complexity index is 416. The number of hydrogen-bond acceptors (Lipinski definition) is 5. The summed E-state index contributed by atoms with van der Waals surface area (Å²) in [5, 5.41) is 0. The summed E-state index contributed by atoms with van der Waals surface area (Å²) in [6, 6.07) is 0. The summed E-state index contributed by atoms with van der Waals surface area (Å²) in [4.78, 5) is 10.5. The monoisotopic (exact) mass is 264 g/mol. The van der Waals surface area contributed by atoms with Gasteiger partial charge in [-0.15, -0.1) is 0 Å². The molecule has 5 heteroatoms. The molecule has 0 bridgehead atoms. The first kappa shape index (κ1) is 13.9. The molecule has 1 saturated carbocycles. The second kappa shape index (κ2) is 6.08. The third-order valence-electron chi connectivity index (χ3n) is 3.54. The zero-order chi connectivity index (χ0) is 13.8. The van der Waals surface area contributed by atoms with Crippen LogP contribution >= 0.6 is 0 Å². The zero-order valence-corrected chi connectivity index (χ0v) is 12.1. The standard InChI is InChI=1S/C14H24N4O/c1-10(2)19-14-12(15)13(16-9-17-14)18(3)8-11-6-4-5-7-11/h9-11H,4-8,15H2,1-3H3. The molecule has 106 valence electrons. The van der Waals surface area contributed by atoms with E-state index in [2.05, 4.69) is 14.9 Å². The third kappa shape index (κ3) is 3.49. The Morgan fingerprint density at radius 2 is 2.05 bits per heavy atom. The Labute approximate surface area is 115 Å². The Balaban J connectivity index is 2.09. The molecule has 0 atom stereocenters. The van der Waals surface area contributed by atoms with Crippen LogP contribution < -0.4 is 15.4 Å². The summed E-state index contributed by atoms with van der Waals surface area (Å²) < 4.78 is 5.60. The predicted molar refractivity (Wildman–Crippen MR) is 77.4 cm³/mol. The Hall–Kier alpha value is -1.52. The van der Waals surface area contributed by atoms with Gasteiger partial charge in [0.1, 0.15) is 12.0 Å². The minimum absolute atomic E-state index is 0.0604. The Morgan fingerprint density at radius 1 is 1.37 bits per heavy atom. The molecule has 0 aliphatic heterocycles. The highest BCUT2D eigenvalue weighted by Gasteiger charge is 2.20. The van der Waals surface area contributed by atoms with Gasteiger partial charge in [-0.1, -0.05) is 12.8 Å². The smallest absolute Gasteiger partial charge is 0.242 e. The quantitative estimate of drug-likeness (QED) is 0.885. The van der Waals surface area contributed by atoms with Crippen LogP contribution in [0.15, 0.2) is 6.33 Å². The molecule has 1 aromatic rings. The van der Waals surface area contributed by atoms with E-state index in [0.29, 0.717) is 11.6 Å². The number of rotatable bonds is 5. The van der Waals surface area contributed by atoms with Crippen LogP contribution in [0.2, 0.25) is 0 Å². The summed E-state index contributed by atoms with van der Waals surface area (Å²) in [5.41, 5.74) is 6.65. The van der Waals surface area contributed by atoms with Crippen LogP contribution in [-0.2, 0) is 0 Å². The van der Waals surface area contributed by atoms with Crippen LogP contribution in [0, 0.1) is 5.92 Å². The maximum Gasteiger partial charge on any atom is 0.242 e. The van der Waals surface area contributed by atoms with Crippen LogP contribution in [-0.4, -0.2) is 29.7 Å². The van der Waals surface area contributed by atoms with Crippen LogP contribution in [0.4, 0.5) is 11.5 Å². The van der Waals surface area contributed by atoms with Crippen molar-refractivity contribution in [3.63, 3.8) is 0 Å². The van der Waals surface area contributed by atoms with E-state index in [1.54, 1.807) is 0 Å². The van der Waals surface area contributed by atoms with Crippen molar-refractivity contribution in [1.82, 2.24) is 9.97 Å². The molecule has 1 heterocycles. The van der Waals surface area contributed by atoms with Gasteiger partial charge in [-0.2, -0.15) is 4.98 Å². The number of ether oxygens (including phenoxy) is 1. The topological polar surface area (TPSA) is 64.3 Å². The lowest BCUT2D eigenvalue weighted by Crippen LogP contribution is -2.26. The SMILES string of the molecule is CC(C)Oc1ncnc(N(C)CC2CCCC2)c1N. The molecule has 0 radical (unpaired) electrons. The van der Waals surface area contributed by atoms with Gasteiger partial charge >= 0.3 is 0 Å². The van der Waals surface area contributed by atoms with Gasteiger partial charge in [-0.05, 0) is 32.6 Å². The van der Waals surface area contributed by atoms with Gasteiger partial charge in [0.2, 0.25) is 5.88 Å². The number of aromatic nitrogens is 2. The minimum atomic E-state index is 0.0604. The molecule has 0 unspecified atom stereocenters. The average molecular weight is 264 g/mol. The highest BCUT2D eigenvalue weighted by molar-refractivity contribution is 5.67. The molecule has 2 rings (SSSR count). The molecule has 0 saturated heterocycles. The second-order valence-electron chi connectivity index (χ2n) is 5.61. The number of nitrogen functional groups attached to an aromatic ring is 1. The molecule has 1 aliphatic carbocycles. The zero-order valence-electron chi connectivity index (χ0n) is 12.1. The number of nitrogens with zero attached hydrogens (tertiary/aromatic N) is 3. The van der Waals surface area contributed by atoms with Crippen molar-refractivity contribution in [2.24, 2.45) is 5.92 Å². The molecular formula is C14H24N4O. The first-order valence-electron chi connectivity index (χ1n) is 7.06. The summed E-state index contributed by atoms with van der Waals surface area (Å²) in [6.45, 7) is 4.93. The van der Waals surface area contributed by atoms with Crippen molar-refractivity contribution in [2.45, 2.75) is 45.6 Å². The molecule has 1 fully saturated rings. The highest BCUT2D eigenvalue weighted by Crippen LogP contribution is 2.31. The summed E-state index contributed by atoms with van der Waals surface area (Å²) in [5.74, 6) is 2.02. The molecule has 0 aromatic carbocycles. The highest BCUT2D eigenvalue weighted by atomic mass is 16.5. The first-order chi connectivity index (χ1) is 9.08. The van der Waals surface area contributed by atoms with Crippen molar-refractivity contribution in [3.8, 4) is 5.88 Å². The maximum absolute atomic E-state index is 6.12. The van der Waals surface area contributed by atoms with Crippen molar-refractivity contribution in [3.05, 3.63) is 6.33 Å². The minimum Gasteiger partial charge on any atom is -0.473 e. The van der Waals surface area contributed by atoms with Crippen LogP contribution in [0.5, 0.6) is 5.88 Å². The van der Waals surface area contributed by atoms with Gasteiger partial charge in [0.05, 0.1) is 6.10 Å². The average Bonchev–Trinajstić information content (AvgIpc) is 2.84. The molecule has 19 heavy (non-hydrogen) atoms. The van der Waals surface area contributed by atoms with Crippen LogP contribution in [0.3, 0.4) is 0 Å². The molecule has 1 aliphatic rings. The lowest BCUT2D eigenvalue weighted by Gasteiger charge is -2.24. The van der Waals surface area contributed by atoms with E-state index in [-0.39, 0.29) is 6.10 Å². The molecule has 5 nitrogen and oxygen atoms in total. The van der Waals surface area contributed by atoms with Gasteiger partial charge in [0.15, 0.2) is 5.82 Å². The van der Waals surface area contributed by atoms with E-state index in [1.165, 1.54) is 32.0 Å². The van der Waals surface area contributed by atoms with E-state index in [1.807, 2.05) is 20.9 Å². The van der Waals surface area contributed by atoms with Gasteiger partial charge in [0.25, 0.3) is 0 Å². The molecule has 1 aromatic heterocycles. The van der Waals surface area contributed by atoms with Crippen molar-refractivity contribution in [1.29, 1.82) is 0 Å². The summed E-state index contributed by atoms with van der Waals surface area (Å²) in [7, 11) is 2.04. The third-order valence-corrected chi connectivity index (χ3v) is 3.54. The summed E-state index contributed by atoms with van der Waals surface area (Å²) in [6.07, 6.45) is 6.90. The van der Waals surface area contributed by atoms with E-state index in [9.17, 15) is 0 Å². The van der Waals surface area contributed by atoms with Crippen LogP contribution in [0.1, 0.15) is 39.5 Å². The predicted octanol–water partition coefficient (Wildman–Crippen LogP) is 2.47. The van der Waals surface area contributed by atoms with Gasteiger partial charge in [-0.3, -0.25) is 0 Å². The lowest BCUT2D eigenvalue weighted by atomic mass is 10.1. The van der Waals surface area contributed by atoms with Gasteiger partial charge in [0, 0.05) is 13.6 Å². The summed E-state index contributed by atoms with van der Waals surface area (Å²) >= 11 is 0. The Morgan fingerprint density at radius 3 is 2.68 bits per heavy atom.